The van der Waals surface area contributed by atoms with Gasteiger partial charge in [-0.1, -0.05) is 37.9 Å². The Bertz CT molecular complexity index is 497. The van der Waals surface area contributed by atoms with Crippen molar-refractivity contribution in [2.24, 2.45) is 11.1 Å². The number of nitrogens with zero attached hydrogens (tertiary/aromatic N) is 1. The standard InChI is InChI=1S/C14H21N3OS2/c1-9-10(2)20-13(16-9)17-12(18)14(11(15)19)7-5-3-4-6-8-14/h3-8H2,1-2H3,(H2,15,19)(H,16,17,18). The molecule has 0 atom stereocenters. The Kier molecular flexibility index (Phi) is 4.75. The topological polar surface area (TPSA) is 68.0 Å². The quantitative estimate of drug-likeness (QED) is 0.664. The van der Waals surface area contributed by atoms with Crippen molar-refractivity contribution in [2.45, 2.75) is 52.4 Å². The van der Waals surface area contributed by atoms with Crippen molar-refractivity contribution in [3.05, 3.63) is 10.6 Å². The number of thiocarbonyl (C=S) groups is 1. The molecule has 3 N–H and O–H groups in total. The van der Waals surface area contributed by atoms with E-state index in [1.54, 1.807) is 0 Å². The number of aromatic nitrogens is 1. The third-order valence-corrected chi connectivity index (χ3v) is 5.49. The molecule has 0 unspecified atom stereocenters. The summed E-state index contributed by atoms with van der Waals surface area (Å²) >= 11 is 6.71. The van der Waals surface area contributed by atoms with Gasteiger partial charge >= 0.3 is 0 Å². The smallest absolute Gasteiger partial charge is 0.239 e. The monoisotopic (exact) mass is 311 g/mol. The third-order valence-electron chi connectivity index (χ3n) is 4.11. The lowest BCUT2D eigenvalue weighted by Gasteiger charge is -2.29. The fourth-order valence-corrected chi connectivity index (χ4v) is 3.77. The Labute approximate surface area is 129 Å². The normalized spacial score (nSPS) is 18.3. The molecule has 0 bridgehead atoms. The van der Waals surface area contributed by atoms with Crippen molar-refractivity contribution in [3.8, 4) is 0 Å². The molecule has 0 aromatic carbocycles. The average molecular weight is 311 g/mol. The number of aryl methyl sites for hydroxylation is 2. The summed E-state index contributed by atoms with van der Waals surface area (Å²) in [6.07, 6.45) is 5.79. The molecule has 1 aromatic rings. The number of carbonyl (C=O) groups is 1. The fourth-order valence-electron chi connectivity index (χ4n) is 2.66. The molecule has 6 heteroatoms. The van der Waals surface area contributed by atoms with Crippen LogP contribution in [0.5, 0.6) is 0 Å². The maximum Gasteiger partial charge on any atom is 0.239 e. The van der Waals surface area contributed by atoms with E-state index >= 15 is 0 Å². The van der Waals surface area contributed by atoms with Crippen LogP contribution in [-0.2, 0) is 4.79 Å². The molecular formula is C14H21N3OS2. The Morgan fingerprint density at radius 3 is 2.35 bits per heavy atom. The van der Waals surface area contributed by atoms with Crippen LogP contribution in [0.2, 0.25) is 0 Å². The van der Waals surface area contributed by atoms with Gasteiger partial charge in [0.1, 0.15) is 0 Å². The number of nitrogens with one attached hydrogen (secondary N) is 1. The summed E-state index contributed by atoms with van der Waals surface area (Å²) in [7, 11) is 0. The average Bonchev–Trinajstić information content (AvgIpc) is 2.61. The molecule has 2 rings (SSSR count). The highest BCUT2D eigenvalue weighted by molar-refractivity contribution is 7.80. The number of carbonyl (C=O) groups excluding carboxylic acids is 1. The molecular weight excluding hydrogens is 290 g/mol. The van der Waals surface area contributed by atoms with Gasteiger partial charge in [-0.15, -0.1) is 11.3 Å². The van der Waals surface area contributed by atoms with E-state index in [-0.39, 0.29) is 5.91 Å². The van der Waals surface area contributed by atoms with Crippen molar-refractivity contribution in [1.82, 2.24) is 4.98 Å². The van der Waals surface area contributed by atoms with Crippen LogP contribution in [0.25, 0.3) is 0 Å². The van der Waals surface area contributed by atoms with Gasteiger partial charge in [-0.3, -0.25) is 4.79 Å². The lowest BCUT2D eigenvalue weighted by Crippen LogP contribution is -2.45. The van der Waals surface area contributed by atoms with E-state index in [0.717, 1.165) is 49.1 Å². The SMILES string of the molecule is Cc1nc(NC(=O)C2(C(N)=S)CCCCCC2)sc1C. The van der Waals surface area contributed by atoms with E-state index in [1.165, 1.54) is 11.3 Å². The summed E-state index contributed by atoms with van der Waals surface area (Å²) in [6, 6.07) is 0. The molecule has 0 aliphatic heterocycles. The molecule has 1 aromatic heterocycles. The minimum absolute atomic E-state index is 0.0827. The van der Waals surface area contributed by atoms with Gasteiger partial charge in [0.15, 0.2) is 5.13 Å². The van der Waals surface area contributed by atoms with Crippen molar-refractivity contribution >= 4 is 39.6 Å². The van der Waals surface area contributed by atoms with Crippen molar-refractivity contribution < 1.29 is 4.79 Å². The van der Waals surface area contributed by atoms with Gasteiger partial charge in [0.25, 0.3) is 0 Å². The van der Waals surface area contributed by atoms with Crippen LogP contribution in [0.15, 0.2) is 0 Å². The second-order valence-corrected chi connectivity index (χ2v) is 7.12. The predicted molar refractivity (Wildman–Crippen MR) is 87.1 cm³/mol. The lowest BCUT2D eigenvalue weighted by molar-refractivity contribution is -0.122. The Hall–Kier alpha value is -1.01. The van der Waals surface area contributed by atoms with Crippen molar-refractivity contribution in [3.63, 3.8) is 0 Å². The maximum absolute atomic E-state index is 12.7. The van der Waals surface area contributed by atoms with Crippen LogP contribution in [-0.4, -0.2) is 15.9 Å². The van der Waals surface area contributed by atoms with E-state index < -0.39 is 5.41 Å². The van der Waals surface area contributed by atoms with E-state index in [1.807, 2.05) is 13.8 Å². The number of hydrogen-bond donors (Lipinski definition) is 2. The second kappa shape index (κ2) is 6.18. The molecule has 0 spiro atoms. The fraction of sp³-hybridized carbons (Fsp3) is 0.643. The number of anilines is 1. The molecule has 1 fully saturated rings. The Balaban J connectivity index is 2.20. The second-order valence-electron chi connectivity index (χ2n) is 5.48. The first-order chi connectivity index (χ1) is 9.45. The van der Waals surface area contributed by atoms with Crippen LogP contribution < -0.4 is 11.1 Å². The summed E-state index contributed by atoms with van der Waals surface area (Å²) in [4.78, 5) is 18.5. The van der Waals surface area contributed by atoms with E-state index in [0.29, 0.717) is 10.1 Å². The van der Waals surface area contributed by atoms with Gasteiger partial charge in [-0.2, -0.15) is 0 Å². The number of rotatable bonds is 3. The molecule has 1 amide bonds. The minimum atomic E-state index is -0.695. The number of hydrogen-bond acceptors (Lipinski definition) is 4. The molecule has 1 heterocycles. The summed E-state index contributed by atoms with van der Waals surface area (Å²) < 4.78 is 0. The van der Waals surface area contributed by atoms with Gasteiger partial charge in [-0.25, -0.2) is 4.98 Å². The van der Waals surface area contributed by atoms with Crippen LogP contribution in [0.1, 0.15) is 49.1 Å². The Morgan fingerprint density at radius 2 is 1.90 bits per heavy atom. The van der Waals surface area contributed by atoms with Gasteiger partial charge in [0.2, 0.25) is 5.91 Å². The molecule has 1 saturated carbocycles. The zero-order valence-electron chi connectivity index (χ0n) is 12.0. The largest absolute Gasteiger partial charge is 0.392 e. The van der Waals surface area contributed by atoms with Crippen LogP contribution in [0.4, 0.5) is 5.13 Å². The van der Waals surface area contributed by atoms with Gasteiger partial charge in [0.05, 0.1) is 16.1 Å². The van der Waals surface area contributed by atoms with E-state index in [2.05, 4.69) is 10.3 Å². The van der Waals surface area contributed by atoms with Gasteiger partial charge < -0.3 is 11.1 Å². The van der Waals surface area contributed by atoms with E-state index in [4.69, 9.17) is 18.0 Å². The highest BCUT2D eigenvalue weighted by atomic mass is 32.1. The molecule has 0 radical (unpaired) electrons. The highest BCUT2D eigenvalue weighted by Crippen LogP contribution is 2.37. The van der Waals surface area contributed by atoms with Gasteiger partial charge in [0, 0.05) is 4.88 Å². The first-order valence-corrected chi connectivity index (χ1v) is 8.23. The molecule has 0 saturated heterocycles. The van der Waals surface area contributed by atoms with Crippen LogP contribution in [0, 0.1) is 19.3 Å². The number of amides is 1. The first-order valence-electron chi connectivity index (χ1n) is 7.01. The molecule has 110 valence electrons. The predicted octanol–water partition coefficient (Wildman–Crippen LogP) is 3.33. The molecule has 4 nitrogen and oxygen atoms in total. The summed E-state index contributed by atoms with van der Waals surface area (Å²) in [5, 5.41) is 3.57. The van der Waals surface area contributed by atoms with Gasteiger partial charge in [-0.05, 0) is 26.7 Å². The zero-order valence-corrected chi connectivity index (χ0v) is 13.6. The van der Waals surface area contributed by atoms with Crippen LogP contribution >= 0.6 is 23.6 Å². The summed E-state index contributed by atoms with van der Waals surface area (Å²) in [6.45, 7) is 3.94. The molecule has 1 aliphatic rings. The zero-order chi connectivity index (χ0) is 14.8. The maximum atomic E-state index is 12.7. The van der Waals surface area contributed by atoms with Crippen molar-refractivity contribution in [1.29, 1.82) is 0 Å². The van der Waals surface area contributed by atoms with Crippen LogP contribution in [0.3, 0.4) is 0 Å². The third kappa shape index (κ3) is 3.01. The highest BCUT2D eigenvalue weighted by Gasteiger charge is 2.41. The minimum Gasteiger partial charge on any atom is -0.392 e. The lowest BCUT2D eigenvalue weighted by atomic mass is 9.79. The van der Waals surface area contributed by atoms with Crippen molar-refractivity contribution in [2.75, 3.05) is 5.32 Å². The molecule has 1 aliphatic carbocycles. The summed E-state index contributed by atoms with van der Waals surface area (Å²) in [5.41, 5.74) is 6.17. The number of thiazole rings is 1. The number of nitrogens with two attached hydrogens (primary N) is 1. The summed E-state index contributed by atoms with van der Waals surface area (Å²) in [5.74, 6) is -0.0827. The first kappa shape index (κ1) is 15.4. The Morgan fingerprint density at radius 1 is 1.30 bits per heavy atom. The van der Waals surface area contributed by atoms with E-state index in [9.17, 15) is 4.79 Å². The molecule has 20 heavy (non-hydrogen) atoms.